The molecule has 2 aliphatic heterocycles. The zero-order valence-corrected chi connectivity index (χ0v) is 16.9. The van der Waals surface area contributed by atoms with Gasteiger partial charge >= 0.3 is 0 Å². The Kier molecular flexibility index (Phi) is 5.78. The molecule has 0 amide bonds. The third-order valence-electron chi connectivity index (χ3n) is 5.69. The zero-order chi connectivity index (χ0) is 18.9. The number of aliphatic hydroxyl groups is 1. The van der Waals surface area contributed by atoms with Crippen molar-refractivity contribution in [3.63, 3.8) is 0 Å². The van der Waals surface area contributed by atoms with E-state index in [1.807, 2.05) is 17.8 Å². The highest BCUT2D eigenvalue weighted by molar-refractivity contribution is 7.99. The Morgan fingerprint density at radius 3 is 2.70 bits per heavy atom. The molecule has 4 rings (SSSR count). The number of hydrogen-bond acceptors (Lipinski definition) is 4. The van der Waals surface area contributed by atoms with Gasteiger partial charge in [-0.05, 0) is 41.8 Å². The summed E-state index contributed by atoms with van der Waals surface area (Å²) in [6.45, 7) is 3.32. The molecule has 1 N–H and O–H groups in total. The molecular weight excluding hydrogens is 380 g/mol. The largest absolute Gasteiger partial charge is 0.633 e. The SMILES string of the molecule is [O-][N+]1(CCCO)CCN(C2Cc3ccccc3Sc3ccc(Cl)cc32)CC1. The molecule has 1 unspecified atom stereocenters. The minimum atomic E-state index is -0.183. The second-order valence-electron chi connectivity index (χ2n) is 7.45. The Balaban J connectivity index is 1.61. The number of benzene rings is 2. The Morgan fingerprint density at radius 2 is 1.93 bits per heavy atom. The van der Waals surface area contributed by atoms with Crippen molar-refractivity contribution in [2.24, 2.45) is 0 Å². The summed E-state index contributed by atoms with van der Waals surface area (Å²) in [5, 5.41) is 22.7. The monoisotopic (exact) mass is 404 g/mol. The molecule has 2 heterocycles. The van der Waals surface area contributed by atoms with Gasteiger partial charge in [-0.25, -0.2) is 0 Å². The Labute approximate surface area is 169 Å². The van der Waals surface area contributed by atoms with Crippen LogP contribution < -0.4 is 0 Å². The van der Waals surface area contributed by atoms with Crippen molar-refractivity contribution in [1.82, 2.24) is 4.90 Å². The molecule has 0 radical (unpaired) electrons. The van der Waals surface area contributed by atoms with E-state index in [1.165, 1.54) is 20.9 Å². The van der Waals surface area contributed by atoms with Crippen molar-refractivity contribution in [2.45, 2.75) is 28.7 Å². The van der Waals surface area contributed by atoms with Crippen LogP contribution in [0.5, 0.6) is 0 Å². The lowest BCUT2D eigenvalue weighted by Gasteiger charge is -2.50. The van der Waals surface area contributed by atoms with Crippen LogP contribution >= 0.6 is 23.4 Å². The molecule has 4 nitrogen and oxygen atoms in total. The minimum Gasteiger partial charge on any atom is -0.633 e. The summed E-state index contributed by atoms with van der Waals surface area (Å²) < 4.78 is -0.183. The molecule has 2 aliphatic rings. The standard InChI is InChI=1S/C21H25ClN2O2S/c22-17-6-7-21-18(15-17)19(14-16-4-1-2-5-20(16)27-21)23-8-11-24(26,12-9-23)10-3-13-25/h1-2,4-7,15,19,25H,3,8-14H2. The predicted molar refractivity (Wildman–Crippen MR) is 110 cm³/mol. The van der Waals surface area contributed by atoms with Gasteiger partial charge in [-0.1, -0.05) is 41.6 Å². The van der Waals surface area contributed by atoms with Crippen LogP contribution in [-0.2, 0) is 6.42 Å². The van der Waals surface area contributed by atoms with E-state index in [0.29, 0.717) is 26.1 Å². The number of hydrogen-bond donors (Lipinski definition) is 1. The normalized spacial score (nSPS) is 22.0. The van der Waals surface area contributed by atoms with E-state index in [0.717, 1.165) is 24.5 Å². The maximum Gasteiger partial charge on any atom is 0.0913 e. The number of halogens is 1. The first-order valence-electron chi connectivity index (χ1n) is 9.55. The fourth-order valence-electron chi connectivity index (χ4n) is 4.15. The van der Waals surface area contributed by atoms with Crippen LogP contribution in [0.25, 0.3) is 0 Å². The number of fused-ring (bicyclic) bond motifs is 2. The second-order valence-corrected chi connectivity index (χ2v) is 8.97. The molecule has 0 saturated carbocycles. The molecule has 1 atom stereocenters. The summed E-state index contributed by atoms with van der Waals surface area (Å²) in [6.07, 6.45) is 1.52. The number of aliphatic hydroxyl groups excluding tert-OH is 1. The number of quaternary nitrogens is 1. The van der Waals surface area contributed by atoms with Crippen LogP contribution in [-0.4, -0.2) is 54.0 Å². The van der Waals surface area contributed by atoms with Gasteiger partial charge in [0.1, 0.15) is 0 Å². The Bertz CT molecular complexity index is 809. The van der Waals surface area contributed by atoms with Gasteiger partial charge in [-0.2, -0.15) is 0 Å². The lowest BCUT2D eigenvalue weighted by Crippen LogP contribution is -2.57. The molecule has 2 aromatic rings. The highest BCUT2D eigenvalue weighted by Crippen LogP contribution is 2.44. The number of hydroxylamine groups is 3. The summed E-state index contributed by atoms with van der Waals surface area (Å²) in [7, 11) is 0. The van der Waals surface area contributed by atoms with Crippen molar-refractivity contribution in [3.05, 3.63) is 63.8 Å². The quantitative estimate of drug-likeness (QED) is 0.615. The molecule has 1 fully saturated rings. The lowest BCUT2D eigenvalue weighted by atomic mass is 9.96. The van der Waals surface area contributed by atoms with Crippen LogP contribution in [0.2, 0.25) is 5.02 Å². The third-order valence-corrected chi connectivity index (χ3v) is 7.14. The molecule has 27 heavy (non-hydrogen) atoms. The fourth-order valence-corrected chi connectivity index (χ4v) is 5.44. The summed E-state index contributed by atoms with van der Waals surface area (Å²) in [6, 6.07) is 15.0. The van der Waals surface area contributed by atoms with E-state index in [1.54, 1.807) is 0 Å². The van der Waals surface area contributed by atoms with Gasteiger partial charge in [0.15, 0.2) is 0 Å². The van der Waals surface area contributed by atoms with Gasteiger partial charge in [0.2, 0.25) is 0 Å². The predicted octanol–water partition coefficient (Wildman–Crippen LogP) is 4.10. The smallest absolute Gasteiger partial charge is 0.0913 e. The average molecular weight is 405 g/mol. The minimum absolute atomic E-state index is 0.0917. The van der Waals surface area contributed by atoms with Crippen LogP contribution in [0.4, 0.5) is 0 Å². The molecule has 6 heteroatoms. The Hall–Kier alpha value is -1.08. The lowest BCUT2D eigenvalue weighted by molar-refractivity contribution is -0.885. The maximum absolute atomic E-state index is 12.8. The molecule has 1 saturated heterocycles. The number of nitrogens with zero attached hydrogens (tertiary/aromatic N) is 2. The topological polar surface area (TPSA) is 46.5 Å². The molecular formula is C21H25ClN2O2S. The van der Waals surface area contributed by atoms with Crippen LogP contribution in [0.15, 0.2) is 52.3 Å². The summed E-state index contributed by atoms with van der Waals surface area (Å²) in [5.74, 6) is 0. The summed E-state index contributed by atoms with van der Waals surface area (Å²) in [5.41, 5.74) is 2.62. The first kappa shape index (κ1) is 19.2. The van der Waals surface area contributed by atoms with Gasteiger partial charge in [-0.3, -0.25) is 4.90 Å². The van der Waals surface area contributed by atoms with Gasteiger partial charge in [0.25, 0.3) is 0 Å². The highest BCUT2D eigenvalue weighted by atomic mass is 35.5. The van der Waals surface area contributed by atoms with E-state index in [2.05, 4.69) is 41.3 Å². The summed E-state index contributed by atoms with van der Waals surface area (Å²) in [4.78, 5) is 5.01. The first-order valence-corrected chi connectivity index (χ1v) is 10.7. The number of rotatable bonds is 4. The molecule has 0 aromatic heterocycles. The van der Waals surface area contributed by atoms with Crippen LogP contribution in [0.3, 0.4) is 0 Å². The molecule has 0 aliphatic carbocycles. The fraction of sp³-hybridized carbons (Fsp3) is 0.429. The van der Waals surface area contributed by atoms with E-state index in [4.69, 9.17) is 16.7 Å². The van der Waals surface area contributed by atoms with E-state index in [9.17, 15) is 5.21 Å². The Morgan fingerprint density at radius 1 is 1.15 bits per heavy atom. The van der Waals surface area contributed by atoms with Crippen molar-refractivity contribution in [3.8, 4) is 0 Å². The van der Waals surface area contributed by atoms with Crippen molar-refractivity contribution < 1.29 is 9.75 Å². The average Bonchev–Trinajstić information content (AvgIpc) is 2.84. The van der Waals surface area contributed by atoms with E-state index >= 15 is 0 Å². The van der Waals surface area contributed by atoms with Crippen molar-refractivity contribution >= 4 is 23.4 Å². The summed E-state index contributed by atoms with van der Waals surface area (Å²) >= 11 is 8.16. The molecule has 2 aromatic carbocycles. The van der Waals surface area contributed by atoms with E-state index < -0.39 is 0 Å². The molecule has 0 bridgehead atoms. The van der Waals surface area contributed by atoms with Crippen molar-refractivity contribution in [2.75, 3.05) is 39.3 Å². The highest BCUT2D eigenvalue weighted by Gasteiger charge is 2.33. The first-order chi connectivity index (χ1) is 13.1. The molecule has 144 valence electrons. The van der Waals surface area contributed by atoms with E-state index in [-0.39, 0.29) is 17.3 Å². The van der Waals surface area contributed by atoms with Gasteiger partial charge in [-0.15, -0.1) is 0 Å². The number of piperazine rings is 1. The third kappa shape index (κ3) is 4.19. The van der Waals surface area contributed by atoms with Gasteiger partial charge in [0.05, 0.1) is 19.6 Å². The van der Waals surface area contributed by atoms with Crippen molar-refractivity contribution in [1.29, 1.82) is 0 Å². The van der Waals surface area contributed by atoms with Gasteiger partial charge in [0, 0.05) is 47.0 Å². The second kappa shape index (κ2) is 8.11. The van der Waals surface area contributed by atoms with Crippen LogP contribution in [0.1, 0.15) is 23.6 Å². The maximum atomic E-state index is 12.8. The van der Waals surface area contributed by atoms with Gasteiger partial charge < -0.3 is 15.0 Å². The molecule has 0 spiro atoms. The van der Waals surface area contributed by atoms with Crippen LogP contribution in [0, 0.1) is 5.21 Å². The zero-order valence-electron chi connectivity index (χ0n) is 15.3.